The molecule has 10 heteroatoms. The van der Waals surface area contributed by atoms with E-state index in [1.165, 1.54) is 19.0 Å². The first-order valence-corrected chi connectivity index (χ1v) is 14.2. The molecular weight excluding hydrogens is 544 g/mol. The van der Waals surface area contributed by atoms with E-state index >= 15 is 0 Å². The van der Waals surface area contributed by atoms with Crippen LogP contribution in [-0.2, 0) is 26.3 Å². The number of unbranched alkanes of at least 4 members (excludes halogenated alkanes) is 1. The molecule has 0 bridgehead atoms. The fourth-order valence-electron chi connectivity index (χ4n) is 3.64. The van der Waals surface area contributed by atoms with Crippen molar-refractivity contribution < 1.29 is 18.0 Å². The van der Waals surface area contributed by atoms with Gasteiger partial charge in [0.25, 0.3) is 0 Å². The molecule has 0 saturated carbocycles. The molecule has 0 fully saturated rings. The van der Waals surface area contributed by atoms with Crippen LogP contribution in [0.3, 0.4) is 0 Å². The number of aryl methyl sites for hydroxylation is 2. The van der Waals surface area contributed by atoms with Crippen molar-refractivity contribution in [3.63, 3.8) is 0 Å². The lowest BCUT2D eigenvalue weighted by Crippen LogP contribution is -2.52. The minimum atomic E-state index is -3.99. The van der Waals surface area contributed by atoms with Gasteiger partial charge in [0.1, 0.15) is 12.6 Å². The Balaban J connectivity index is 2.47. The molecule has 2 aromatic rings. The van der Waals surface area contributed by atoms with Gasteiger partial charge >= 0.3 is 10.2 Å². The number of carbonyl (C=O) groups is 2. The zero-order valence-electron chi connectivity index (χ0n) is 21.9. The Kier molecular flexibility index (Phi) is 10.9. The Morgan fingerprint density at radius 3 is 2.39 bits per heavy atom. The second-order valence-corrected chi connectivity index (χ2v) is 12.0. The normalized spacial score (nSPS) is 12.3. The Bertz CT molecular complexity index is 1170. The molecule has 1 atom stereocenters. The largest absolute Gasteiger partial charge is 0.354 e. The first kappa shape index (κ1) is 29.8. The van der Waals surface area contributed by atoms with Gasteiger partial charge in [0.05, 0.1) is 5.69 Å². The molecule has 0 aliphatic rings. The van der Waals surface area contributed by atoms with Crippen LogP contribution < -0.4 is 9.62 Å². The summed E-state index contributed by atoms with van der Waals surface area (Å²) in [5, 5.41) is 2.88. The molecule has 198 valence electrons. The molecule has 2 amide bonds. The van der Waals surface area contributed by atoms with E-state index in [0.717, 1.165) is 42.6 Å². The topological polar surface area (TPSA) is 90.0 Å². The van der Waals surface area contributed by atoms with Crippen molar-refractivity contribution in [2.24, 2.45) is 0 Å². The second-order valence-electron chi connectivity index (χ2n) is 9.06. The first-order valence-electron chi connectivity index (χ1n) is 12.0. The van der Waals surface area contributed by atoms with Gasteiger partial charge in [-0.15, -0.1) is 0 Å². The predicted molar refractivity (Wildman–Crippen MR) is 148 cm³/mol. The third kappa shape index (κ3) is 7.78. The highest BCUT2D eigenvalue weighted by Gasteiger charge is 2.33. The summed E-state index contributed by atoms with van der Waals surface area (Å²) in [7, 11) is -1.13. The Labute approximate surface area is 224 Å². The minimum absolute atomic E-state index is 0.156. The minimum Gasteiger partial charge on any atom is -0.354 e. The van der Waals surface area contributed by atoms with E-state index in [1.807, 2.05) is 50.2 Å². The summed E-state index contributed by atoms with van der Waals surface area (Å²) >= 11 is 3.45. The van der Waals surface area contributed by atoms with E-state index in [1.54, 1.807) is 19.9 Å². The van der Waals surface area contributed by atoms with Crippen LogP contribution in [0.25, 0.3) is 0 Å². The average Bonchev–Trinajstić information content (AvgIpc) is 2.82. The molecule has 0 saturated heterocycles. The number of anilines is 1. The highest BCUT2D eigenvalue weighted by atomic mass is 79.9. The summed E-state index contributed by atoms with van der Waals surface area (Å²) in [5.74, 6) is -0.750. The van der Waals surface area contributed by atoms with Crippen molar-refractivity contribution in [1.82, 2.24) is 14.5 Å². The van der Waals surface area contributed by atoms with Gasteiger partial charge in [0, 0.05) is 31.7 Å². The molecule has 0 aromatic heterocycles. The molecule has 1 N–H and O–H groups in total. The van der Waals surface area contributed by atoms with Crippen LogP contribution in [-0.4, -0.2) is 62.7 Å². The molecule has 0 heterocycles. The lowest BCUT2D eigenvalue weighted by molar-refractivity contribution is -0.139. The number of amides is 2. The molecule has 0 spiro atoms. The fraction of sp³-hybridized carbons (Fsp3) is 0.462. The SMILES string of the molecule is CCCCNC(=O)[C@H](C)N(Cc1cccc(Br)c1)C(=O)CN(c1cc(C)ccc1C)S(=O)(=O)N(C)C. The zero-order valence-corrected chi connectivity index (χ0v) is 24.3. The molecule has 0 aliphatic carbocycles. The van der Waals surface area contributed by atoms with Crippen LogP contribution in [0.5, 0.6) is 0 Å². The number of nitrogens with one attached hydrogen (secondary N) is 1. The summed E-state index contributed by atoms with van der Waals surface area (Å²) in [6, 6.07) is 12.2. The van der Waals surface area contributed by atoms with Crippen LogP contribution >= 0.6 is 15.9 Å². The number of halogens is 1. The maximum absolute atomic E-state index is 13.8. The summed E-state index contributed by atoms with van der Waals surface area (Å²) in [6.07, 6.45) is 1.77. The molecule has 0 aliphatic heterocycles. The van der Waals surface area contributed by atoms with Crippen LogP contribution in [0.1, 0.15) is 43.4 Å². The van der Waals surface area contributed by atoms with Crippen molar-refractivity contribution >= 4 is 43.6 Å². The van der Waals surface area contributed by atoms with Gasteiger partial charge in [-0.25, -0.2) is 4.31 Å². The van der Waals surface area contributed by atoms with Gasteiger partial charge in [-0.3, -0.25) is 9.59 Å². The van der Waals surface area contributed by atoms with Crippen LogP contribution in [0.4, 0.5) is 5.69 Å². The Hall–Kier alpha value is -2.43. The molecular formula is C26H37BrN4O4S. The molecule has 0 radical (unpaired) electrons. The molecule has 8 nitrogen and oxygen atoms in total. The number of rotatable bonds is 12. The van der Waals surface area contributed by atoms with Crippen molar-refractivity contribution in [2.75, 3.05) is 31.5 Å². The summed E-state index contributed by atoms with van der Waals surface area (Å²) in [4.78, 5) is 28.1. The maximum atomic E-state index is 13.8. The Morgan fingerprint density at radius 2 is 1.78 bits per heavy atom. The fourth-order valence-corrected chi connectivity index (χ4v) is 5.20. The maximum Gasteiger partial charge on any atom is 0.304 e. The van der Waals surface area contributed by atoms with Crippen molar-refractivity contribution in [3.05, 3.63) is 63.6 Å². The van der Waals surface area contributed by atoms with Gasteiger partial charge < -0.3 is 10.2 Å². The quantitative estimate of drug-likeness (QED) is 0.384. The van der Waals surface area contributed by atoms with Crippen LogP contribution in [0.2, 0.25) is 0 Å². The molecule has 2 aromatic carbocycles. The summed E-state index contributed by atoms with van der Waals surface area (Å²) in [5.41, 5.74) is 2.85. The Morgan fingerprint density at radius 1 is 1.08 bits per heavy atom. The smallest absolute Gasteiger partial charge is 0.304 e. The number of benzene rings is 2. The van der Waals surface area contributed by atoms with E-state index in [-0.39, 0.29) is 12.5 Å². The number of hydrogen-bond donors (Lipinski definition) is 1. The highest BCUT2D eigenvalue weighted by Crippen LogP contribution is 2.26. The van der Waals surface area contributed by atoms with Gasteiger partial charge in [-0.1, -0.05) is 53.5 Å². The van der Waals surface area contributed by atoms with E-state index in [0.29, 0.717) is 12.2 Å². The van der Waals surface area contributed by atoms with Crippen molar-refractivity contribution in [2.45, 2.75) is 53.1 Å². The molecule has 0 unspecified atom stereocenters. The van der Waals surface area contributed by atoms with E-state index in [2.05, 4.69) is 21.2 Å². The van der Waals surface area contributed by atoms with E-state index in [9.17, 15) is 18.0 Å². The van der Waals surface area contributed by atoms with Crippen molar-refractivity contribution in [3.8, 4) is 0 Å². The standard InChI is InChI=1S/C26H37BrN4O4S/c1-7-8-14-28-26(33)21(4)30(17-22-10-9-11-23(27)16-22)25(32)18-31(36(34,35)29(5)6)24-15-19(2)12-13-20(24)3/h9-13,15-16,21H,7-8,14,17-18H2,1-6H3,(H,28,33)/t21-/m0/s1. The number of nitrogens with zero attached hydrogens (tertiary/aromatic N) is 3. The van der Waals surface area contributed by atoms with Gasteiger partial charge in [0.2, 0.25) is 11.8 Å². The summed E-state index contributed by atoms with van der Waals surface area (Å²) < 4.78 is 29.7. The molecule has 2 rings (SSSR count). The zero-order chi connectivity index (χ0) is 27.0. The van der Waals surface area contributed by atoms with Crippen molar-refractivity contribution in [1.29, 1.82) is 0 Å². The lowest BCUT2D eigenvalue weighted by atomic mass is 10.1. The highest BCUT2D eigenvalue weighted by molar-refractivity contribution is 9.10. The number of hydrogen-bond acceptors (Lipinski definition) is 4. The monoisotopic (exact) mass is 580 g/mol. The van der Waals surface area contributed by atoms with Gasteiger partial charge in [-0.05, 0) is 62.1 Å². The summed E-state index contributed by atoms with van der Waals surface area (Å²) in [6.45, 7) is 7.61. The van der Waals surface area contributed by atoms with Crippen LogP contribution in [0.15, 0.2) is 46.9 Å². The first-order chi connectivity index (χ1) is 16.9. The average molecular weight is 582 g/mol. The van der Waals surface area contributed by atoms with E-state index in [4.69, 9.17) is 0 Å². The third-order valence-electron chi connectivity index (χ3n) is 5.89. The third-order valence-corrected chi connectivity index (χ3v) is 8.19. The second kappa shape index (κ2) is 13.2. The molecule has 36 heavy (non-hydrogen) atoms. The number of carbonyl (C=O) groups excluding carboxylic acids is 2. The van der Waals surface area contributed by atoms with Gasteiger partial charge in [0.15, 0.2) is 0 Å². The lowest BCUT2D eigenvalue weighted by Gasteiger charge is -2.33. The van der Waals surface area contributed by atoms with Gasteiger partial charge in [-0.2, -0.15) is 12.7 Å². The predicted octanol–water partition coefficient (Wildman–Crippen LogP) is 4.01. The van der Waals surface area contributed by atoms with E-state index < -0.39 is 28.7 Å². The van der Waals surface area contributed by atoms with Crippen LogP contribution in [0, 0.1) is 13.8 Å².